The van der Waals surface area contributed by atoms with E-state index in [1.807, 2.05) is 32.9 Å². The maximum atomic E-state index is 10.8. The van der Waals surface area contributed by atoms with E-state index < -0.39 is 5.97 Å². The maximum absolute atomic E-state index is 10.8. The van der Waals surface area contributed by atoms with Crippen LogP contribution in [0.3, 0.4) is 0 Å². The molecule has 0 aliphatic carbocycles. The summed E-state index contributed by atoms with van der Waals surface area (Å²) in [5.41, 5.74) is -0.0589. The number of rotatable bonds is 5. The van der Waals surface area contributed by atoms with Gasteiger partial charge in [0, 0.05) is 6.92 Å². The van der Waals surface area contributed by atoms with Crippen molar-refractivity contribution in [1.82, 2.24) is 5.32 Å². The van der Waals surface area contributed by atoms with Gasteiger partial charge in [-0.05, 0) is 24.8 Å². The number of carboxylic acid groups (broad SMARTS) is 1. The van der Waals surface area contributed by atoms with Crippen LogP contribution in [0.1, 0.15) is 27.7 Å². The molecule has 0 aromatic heterocycles. The lowest BCUT2D eigenvalue weighted by Gasteiger charge is -2.13. The molecule has 0 rings (SSSR count). The summed E-state index contributed by atoms with van der Waals surface area (Å²) in [7, 11) is 0. The zero-order valence-corrected chi connectivity index (χ0v) is 10.2. The quantitative estimate of drug-likeness (QED) is 0.555. The van der Waals surface area contributed by atoms with E-state index in [1.165, 1.54) is 6.92 Å². The normalized spacial score (nSPS) is 15.9. The van der Waals surface area contributed by atoms with Gasteiger partial charge < -0.3 is 10.4 Å². The third kappa shape index (κ3) is 5.34. The van der Waals surface area contributed by atoms with Gasteiger partial charge in [-0.3, -0.25) is 4.79 Å². The van der Waals surface area contributed by atoms with E-state index in [1.54, 1.807) is 6.08 Å². The summed E-state index contributed by atoms with van der Waals surface area (Å²) in [6.45, 7) is 7.11. The highest BCUT2D eigenvalue weighted by molar-refractivity contribution is 5.91. The third-order valence-electron chi connectivity index (χ3n) is 2.30. The second kappa shape index (κ2) is 6.82. The van der Waals surface area contributed by atoms with E-state index in [0.717, 1.165) is 0 Å². The van der Waals surface area contributed by atoms with Crippen molar-refractivity contribution in [2.24, 2.45) is 11.8 Å². The predicted octanol–water partition coefficient (Wildman–Crippen LogP) is 1.94. The first-order valence-corrected chi connectivity index (χ1v) is 5.24. The molecule has 0 aliphatic heterocycles. The first-order chi connectivity index (χ1) is 7.38. The van der Waals surface area contributed by atoms with Crippen molar-refractivity contribution in [1.29, 1.82) is 0 Å². The first-order valence-electron chi connectivity index (χ1n) is 5.24. The highest BCUT2D eigenvalue weighted by Crippen LogP contribution is 2.15. The summed E-state index contributed by atoms with van der Waals surface area (Å²) in [5.74, 6) is -1.21. The van der Waals surface area contributed by atoms with Crippen LogP contribution < -0.4 is 5.32 Å². The van der Waals surface area contributed by atoms with Gasteiger partial charge in [-0.15, -0.1) is 0 Å². The van der Waals surface area contributed by atoms with Gasteiger partial charge in [-0.25, -0.2) is 4.79 Å². The van der Waals surface area contributed by atoms with E-state index in [0.29, 0.717) is 0 Å². The Hall–Kier alpha value is -1.58. The summed E-state index contributed by atoms with van der Waals surface area (Å²) < 4.78 is 0. The Morgan fingerprint density at radius 2 is 1.81 bits per heavy atom. The zero-order valence-electron chi connectivity index (χ0n) is 10.2. The van der Waals surface area contributed by atoms with Gasteiger partial charge in [0.05, 0.1) is 0 Å². The van der Waals surface area contributed by atoms with Crippen molar-refractivity contribution >= 4 is 11.9 Å². The Labute approximate surface area is 96.0 Å². The van der Waals surface area contributed by atoms with Crippen LogP contribution in [0.25, 0.3) is 0 Å². The van der Waals surface area contributed by atoms with Crippen LogP contribution in [-0.2, 0) is 9.59 Å². The number of carbonyl (C=O) groups is 2. The van der Waals surface area contributed by atoms with Crippen LogP contribution in [-0.4, -0.2) is 17.0 Å². The van der Waals surface area contributed by atoms with Crippen molar-refractivity contribution in [2.45, 2.75) is 27.7 Å². The van der Waals surface area contributed by atoms with E-state index in [9.17, 15) is 9.59 Å². The predicted molar refractivity (Wildman–Crippen MR) is 62.7 cm³/mol. The number of hydrogen-bond acceptors (Lipinski definition) is 2. The number of aliphatic carboxylic acids is 1. The monoisotopic (exact) mass is 225 g/mol. The van der Waals surface area contributed by atoms with Crippen molar-refractivity contribution in [3.05, 3.63) is 23.9 Å². The molecule has 0 saturated heterocycles. The molecule has 1 amide bonds. The smallest absolute Gasteiger partial charge is 0.352 e. The molecule has 0 spiro atoms. The van der Waals surface area contributed by atoms with Crippen LogP contribution in [0.4, 0.5) is 0 Å². The summed E-state index contributed by atoms with van der Waals surface area (Å²) in [4.78, 5) is 21.7. The first kappa shape index (κ1) is 14.4. The molecule has 4 nitrogen and oxygen atoms in total. The van der Waals surface area contributed by atoms with Crippen LogP contribution in [0.15, 0.2) is 23.9 Å². The average Bonchev–Trinajstić information content (AvgIpc) is 2.16. The fourth-order valence-corrected chi connectivity index (χ4v) is 1.25. The summed E-state index contributed by atoms with van der Waals surface area (Å²) in [5, 5.41) is 11.2. The van der Waals surface area contributed by atoms with E-state index >= 15 is 0 Å². The average molecular weight is 225 g/mol. The molecule has 0 aromatic carbocycles. The van der Waals surface area contributed by atoms with Gasteiger partial charge in [0.25, 0.3) is 0 Å². The minimum absolute atomic E-state index is 0.0501. The summed E-state index contributed by atoms with van der Waals surface area (Å²) in [6.07, 6.45) is 5.48. The number of nitrogens with one attached hydrogen (secondary N) is 1. The Balaban J connectivity index is 4.77. The number of hydrogen-bond donors (Lipinski definition) is 2. The molecular formula is C12H19NO3. The van der Waals surface area contributed by atoms with Crippen LogP contribution in [0.5, 0.6) is 0 Å². The van der Waals surface area contributed by atoms with Crippen LogP contribution >= 0.6 is 0 Å². The standard InChI is InChI=1S/C12H19NO3/c1-5-6-8(2)9(3)7-11(12(15)16)13-10(4)14/h5-9H,1-4H3,(H,13,14)(H,15,16). The highest BCUT2D eigenvalue weighted by Gasteiger charge is 2.13. The fraction of sp³-hybridized carbons (Fsp3) is 0.500. The molecule has 2 unspecified atom stereocenters. The molecule has 0 fully saturated rings. The van der Waals surface area contributed by atoms with Gasteiger partial charge in [0.2, 0.25) is 5.91 Å². The van der Waals surface area contributed by atoms with Gasteiger partial charge in [0.1, 0.15) is 5.70 Å². The van der Waals surface area contributed by atoms with Crippen molar-refractivity contribution in [3.8, 4) is 0 Å². The number of carbonyl (C=O) groups excluding carboxylic acids is 1. The largest absolute Gasteiger partial charge is 0.477 e. The van der Waals surface area contributed by atoms with E-state index in [-0.39, 0.29) is 23.4 Å². The molecule has 0 bridgehead atoms. The van der Waals surface area contributed by atoms with Gasteiger partial charge in [-0.1, -0.05) is 26.0 Å². The van der Waals surface area contributed by atoms with Crippen molar-refractivity contribution < 1.29 is 14.7 Å². The lowest BCUT2D eigenvalue weighted by molar-refractivity contribution is -0.134. The Morgan fingerprint density at radius 1 is 1.25 bits per heavy atom. The molecule has 4 heteroatoms. The van der Waals surface area contributed by atoms with Crippen LogP contribution in [0.2, 0.25) is 0 Å². The molecule has 0 saturated carbocycles. The number of amides is 1. The number of allylic oxidation sites excluding steroid dienone is 3. The van der Waals surface area contributed by atoms with E-state index in [2.05, 4.69) is 5.32 Å². The molecular weight excluding hydrogens is 206 g/mol. The molecule has 90 valence electrons. The highest BCUT2D eigenvalue weighted by atomic mass is 16.4. The minimum Gasteiger partial charge on any atom is -0.477 e. The SMILES string of the molecule is CC=CC(C)C(C)C=C(NC(C)=O)C(=O)O. The zero-order chi connectivity index (χ0) is 12.7. The minimum atomic E-state index is -1.12. The van der Waals surface area contributed by atoms with Gasteiger partial charge >= 0.3 is 5.97 Å². The second-order valence-corrected chi connectivity index (χ2v) is 3.81. The van der Waals surface area contributed by atoms with E-state index in [4.69, 9.17) is 5.11 Å². The van der Waals surface area contributed by atoms with Crippen molar-refractivity contribution in [2.75, 3.05) is 0 Å². The molecule has 2 atom stereocenters. The second-order valence-electron chi connectivity index (χ2n) is 3.81. The Bertz CT molecular complexity index is 318. The third-order valence-corrected chi connectivity index (χ3v) is 2.30. The molecule has 0 aromatic rings. The topological polar surface area (TPSA) is 66.4 Å². The molecule has 16 heavy (non-hydrogen) atoms. The Morgan fingerprint density at radius 3 is 2.19 bits per heavy atom. The van der Waals surface area contributed by atoms with Crippen molar-refractivity contribution in [3.63, 3.8) is 0 Å². The molecule has 0 radical (unpaired) electrons. The Kier molecular flexibility index (Phi) is 6.15. The molecule has 0 aliphatic rings. The number of carboxylic acids is 1. The summed E-state index contributed by atoms with van der Waals surface area (Å²) in [6, 6.07) is 0. The summed E-state index contributed by atoms with van der Waals surface area (Å²) >= 11 is 0. The molecule has 0 heterocycles. The lowest BCUT2D eigenvalue weighted by atomic mass is 9.94. The fourth-order valence-electron chi connectivity index (χ4n) is 1.25. The maximum Gasteiger partial charge on any atom is 0.352 e. The van der Waals surface area contributed by atoms with Gasteiger partial charge in [-0.2, -0.15) is 0 Å². The molecule has 2 N–H and O–H groups in total. The van der Waals surface area contributed by atoms with Gasteiger partial charge in [0.15, 0.2) is 0 Å². The lowest BCUT2D eigenvalue weighted by Crippen LogP contribution is -2.25. The van der Waals surface area contributed by atoms with Crippen LogP contribution in [0, 0.1) is 11.8 Å².